The van der Waals surface area contributed by atoms with E-state index in [1.165, 1.54) is 4.88 Å². The molecule has 0 bridgehead atoms. The number of benzene rings is 2. The molecule has 154 valence electrons. The van der Waals surface area contributed by atoms with Crippen LogP contribution in [0.3, 0.4) is 0 Å². The van der Waals surface area contributed by atoms with E-state index in [2.05, 4.69) is 22.1 Å². The Balaban J connectivity index is 1.41. The molecule has 1 fully saturated rings. The second kappa shape index (κ2) is 9.13. The van der Waals surface area contributed by atoms with Gasteiger partial charge in [-0.1, -0.05) is 30.3 Å². The van der Waals surface area contributed by atoms with Crippen molar-refractivity contribution >= 4 is 34.5 Å². The summed E-state index contributed by atoms with van der Waals surface area (Å²) < 4.78 is 0. The predicted octanol–water partition coefficient (Wildman–Crippen LogP) is 5.08. The van der Waals surface area contributed by atoms with Gasteiger partial charge in [0.1, 0.15) is 0 Å². The zero-order valence-electron chi connectivity index (χ0n) is 16.9. The molecule has 2 heterocycles. The maximum atomic E-state index is 12.9. The highest BCUT2D eigenvalue weighted by Crippen LogP contribution is 2.34. The quantitative estimate of drug-likeness (QED) is 0.585. The van der Waals surface area contributed by atoms with Crippen molar-refractivity contribution in [2.24, 2.45) is 0 Å². The molecule has 0 aliphatic carbocycles. The molecule has 0 saturated carbocycles. The summed E-state index contributed by atoms with van der Waals surface area (Å²) in [6.07, 6.45) is 2.06. The van der Waals surface area contributed by atoms with Gasteiger partial charge >= 0.3 is 0 Å². The van der Waals surface area contributed by atoms with Crippen molar-refractivity contribution in [3.8, 4) is 0 Å². The number of nitrogens with one attached hydrogen (secondary N) is 2. The van der Waals surface area contributed by atoms with Crippen molar-refractivity contribution in [1.82, 2.24) is 4.90 Å². The number of nitrogens with zero attached hydrogens (tertiary/aromatic N) is 1. The number of hydrogen-bond acceptors (Lipinski definition) is 4. The second-order valence-corrected chi connectivity index (χ2v) is 8.39. The summed E-state index contributed by atoms with van der Waals surface area (Å²) in [6.45, 7) is 2.98. The minimum absolute atomic E-state index is 0.101. The van der Waals surface area contributed by atoms with E-state index in [9.17, 15) is 9.59 Å². The molecule has 3 aromatic rings. The predicted molar refractivity (Wildman–Crippen MR) is 122 cm³/mol. The number of carbonyl (C=O) groups excluding carboxylic acids is 2. The topological polar surface area (TPSA) is 61.4 Å². The Bertz CT molecular complexity index is 1020. The molecule has 1 atom stereocenters. The molecular formula is C24H25N3O2S. The fourth-order valence-electron chi connectivity index (χ4n) is 3.86. The maximum absolute atomic E-state index is 12.9. The molecular weight excluding hydrogens is 394 g/mol. The zero-order chi connectivity index (χ0) is 20.9. The average Bonchev–Trinajstić information content (AvgIpc) is 3.46. The first kappa shape index (κ1) is 20.2. The standard InChI is InChI=1S/C24H25N3O2S/c1-17-19(10-5-11-20(17)26-24(29)18-8-3-2-4-9-18)25-16-23(28)27-14-6-12-21(27)22-13-7-15-30-22/h2-5,7-11,13,15,21,25H,6,12,14,16H2,1H3,(H,26,29). The number of amides is 2. The monoisotopic (exact) mass is 419 g/mol. The lowest BCUT2D eigenvalue weighted by Gasteiger charge is -2.24. The molecule has 6 heteroatoms. The Labute approximate surface area is 180 Å². The van der Waals surface area contributed by atoms with Crippen molar-refractivity contribution < 1.29 is 9.59 Å². The highest BCUT2D eigenvalue weighted by molar-refractivity contribution is 7.10. The minimum Gasteiger partial charge on any atom is -0.376 e. The van der Waals surface area contributed by atoms with Gasteiger partial charge < -0.3 is 15.5 Å². The van der Waals surface area contributed by atoms with Crippen molar-refractivity contribution in [3.05, 3.63) is 82.0 Å². The van der Waals surface area contributed by atoms with E-state index in [1.807, 2.05) is 54.3 Å². The van der Waals surface area contributed by atoms with Crippen LogP contribution in [0.5, 0.6) is 0 Å². The normalized spacial score (nSPS) is 15.8. The molecule has 2 amide bonds. The average molecular weight is 420 g/mol. The molecule has 1 unspecified atom stereocenters. The van der Waals surface area contributed by atoms with Crippen LogP contribution in [0, 0.1) is 6.92 Å². The van der Waals surface area contributed by atoms with Crippen LogP contribution in [0.2, 0.25) is 0 Å². The SMILES string of the molecule is Cc1c(NCC(=O)N2CCCC2c2cccs2)cccc1NC(=O)c1ccccc1. The van der Waals surface area contributed by atoms with Gasteiger partial charge in [0, 0.05) is 28.4 Å². The summed E-state index contributed by atoms with van der Waals surface area (Å²) in [5, 5.41) is 8.29. The summed E-state index contributed by atoms with van der Waals surface area (Å²) in [5.74, 6) is -0.0493. The summed E-state index contributed by atoms with van der Waals surface area (Å²) in [6, 6.07) is 19.2. The number of carbonyl (C=O) groups is 2. The third kappa shape index (κ3) is 4.39. The molecule has 1 aliphatic rings. The van der Waals surface area contributed by atoms with E-state index in [-0.39, 0.29) is 24.4 Å². The first-order valence-electron chi connectivity index (χ1n) is 10.2. The molecule has 2 N–H and O–H groups in total. The van der Waals surface area contributed by atoms with Crippen LogP contribution in [-0.2, 0) is 4.79 Å². The smallest absolute Gasteiger partial charge is 0.255 e. The van der Waals surface area contributed by atoms with Crippen LogP contribution >= 0.6 is 11.3 Å². The zero-order valence-corrected chi connectivity index (χ0v) is 17.7. The molecule has 1 aliphatic heterocycles. The fourth-order valence-corrected chi connectivity index (χ4v) is 4.73. The van der Waals surface area contributed by atoms with Gasteiger partial charge in [-0.2, -0.15) is 0 Å². The highest BCUT2D eigenvalue weighted by atomic mass is 32.1. The van der Waals surface area contributed by atoms with Gasteiger partial charge in [-0.05, 0) is 61.0 Å². The summed E-state index contributed by atoms with van der Waals surface area (Å²) in [5.41, 5.74) is 3.10. The van der Waals surface area contributed by atoms with Crippen LogP contribution in [0.25, 0.3) is 0 Å². The molecule has 30 heavy (non-hydrogen) atoms. The molecule has 0 spiro atoms. The van der Waals surface area contributed by atoms with Gasteiger partial charge in [-0.25, -0.2) is 0 Å². The molecule has 1 aromatic heterocycles. The molecule has 0 radical (unpaired) electrons. The van der Waals surface area contributed by atoms with Gasteiger partial charge in [-0.15, -0.1) is 11.3 Å². The van der Waals surface area contributed by atoms with Crippen LogP contribution in [0.1, 0.15) is 39.7 Å². The highest BCUT2D eigenvalue weighted by Gasteiger charge is 2.30. The van der Waals surface area contributed by atoms with Crippen LogP contribution in [0.15, 0.2) is 66.0 Å². The fraction of sp³-hybridized carbons (Fsp3) is 0.250. The maximum Gasteiger partial charge on any atom is 0.255 e. The van der Waals surface area contributed by atoms with E-state index in [0.717, 1.165) is 36.3 Å². The van der Waals surface area contributed by atoms with E-state index in [1.54, 1.807) is 23.5 Å². The van der Waals surface area contributed by atoms with Crippen molar-refractivity contribution in [1.29, 1.82) is 0 Å². The van der Waals surface area contributed by atoms with Gasteiger partial charge in [0.25, 0.3) is 5.91 Å². The lowest BCUT2D eigenvalue weighted by Crippen LogP contribution is -2.35. The van der Waals surface area contributed by atoms with E-state index < -0.39 is 0 Å². The van der Waals surface area contributed by atoms with Gasteiger partial charge in [0.2, 0.25) is 5.91 Å². The lowest BCUT2D eigenvalue weighted by atomic mass is 10.1. The Kier molecular flexibility index (Phi) is 6.14. The van der Waals surface area contributed by atoms with Crippen molar-refractivity contribution in [3.63, 3.8) is 0 Å². The molecule has 1 saturated heterocycles. The molecule has 4 rings (SSSR count). The minimum atomic E-state index is -0.150. The Morgan fingerprint density at radius 1 is 1.03 bits per heavy atom. The first-order valence-corrected chi connectivity index (χ1v) is 11.0. The third-order valence-corrected chi connectivity index (χ3v) is 6.47. The number of likely N-dealkylation sites (tertiary alicyclic amines) is 1. The van der Waals surface area contributed by atoms with Gasteiger partial charge in [0.05, 0.1) is 12.6 Å². The number of anilines is 2. The van der Waals surface area contributed by atoms with E-state index in [0.29, 0.717) is 5.56 Å². The van der Waals surface area contributed by atoms with Gasteiger partial charge in [-0.3, -0.25) is 9.59 Å². The number of hydrogen-bond donors (Lipinski definition) is 2. The molecule has 5 nitrogen and oxygen atoms in total. The third-order valence-electron chi connectivity index (χ3n) is 5.49. The van der Waals surface area contributed by atoms with Crippen LogP contribution < -0.4 is 10.6 Å². The summed E-state index contributed by atoms with van der Waals surface area (Å²) >= 11 is 1.71. The number of thiophene rings is 1. The summed E-state index contributed by atoms with van der Waals surface area (Å²) in [7, 11) is 0. The van der Waals surface area contributed by atoms with Gasteiger partial charge in [0.15, 0.2) is 0 Å². The lowest BCUT2D eigenvalue weighted by molar-refractivity contribution is -0.130. The largest absolute Gasteiger partial charge is 0.376 e. The second-order valence-electron chi connectivity index (χ2n) is 7.41. The van der Waals surface area contributed by atoms with Crippen molar-refractivity contribution in [2.75, 3.05) is 23.7 Å². The van der Waals surface area contributed by atoms with E-state index >= 15 is 0 Å². The Morgan fingerprint density at radius 3 is 2.60 bits per heavy atom. The van der Waals surface area contributed by atoms with Crippen LogP contribution in [0.4, 0.5) is 11.4 Å². The van der Waals surface area contributed by atoms with E-state index in [4.69, 9.17) is 0 Å². The number of rotatable bonds is 6. The van der Waals surface area contributed by atoms with Crippen molar-refractivity contribution in [2.45, 2.75) is 25.8 Å². The first-order chi connectivity index (χ1) is 14.6. The Morgan fingerprint density at radius 2 is 1.83 bits per heavy atom. The molecule has 2 aromatic carbocycles. The summed E-state index contributed by atoms with van der Waals surface area (Å²) in [4.78, 5) is 28.6. The van der Waals surface area contributed by atoms with Crippen LogP contribution in [-0.4, -0.2) is 29.8 Å². The Hall–Kier alpha value is -3.12.